The molecule has 0 spiro atoms. The molecule has 0 saturated heterocycles. The van der Waals surface area contributed by atoms with Crippen molar-refractivity contribution < 1.29 is 17.8 Å². The molecule has 3 aromatic rings. The average molecular weight is 356 g/mol. The predicted molar refractivity (Wildman–Crippen MR) is 101 cm³/mol. The lowest BCUT2D eigenvalue weighted by Crippen LogP contribution is -2.12. The van der Waals surface area contributed by atoms with E-state index >= 15 is 4.39 Å². The topological polar surface area (TPSA) is 16.1 Å². The van der Waals surface area contributed by atoms with Gasteiger partial charge in [0.15, 0.2) is 29.3 Å². The first-order valence-electron chi connectivity index (χ1n) is 9.29. The molecule has 1 aliphatic carbocycles. The van der Waals surface area contributed by atoms with Crippen molar-refractivity contribution in [2.24, 2.45) is 5.92 Å². The van der Waals surface area contributed by atoms with Gasteiger partial charge >= 0.3 is 0 Å². The molecular formula is C22H24F2NO+. The molecule has 1 aliphatic rings. The molecule has 4 heteroatoms. The predicted octanol–water partition coefficient (Wildman–Crippen LogP) is 6.00. The van der Waals surface area contributed by atoms with Crippen LogP contribution >= 0.6 is 0 Å². The van der Waals surface area contributed by atoms with Gasteiger partial charge in [0.1, 0.15) is 13.8 Å². The summed E-state index contributed by atoms with van der Waals surface area (Å²) in [5, 5.41) is 1.26. The number of hydrogen-bond acceptors (Lipinski definition) is 1. The maximum absolute atomic E-state index is 15.2. The maximum Gasteiger partial charge on any atom is 0.175 e. The molecule has 0 unspecified atom stereocenters. The van der Waals surface area contributed by atoms with Crippen LogP contribution in [-0.2, 0) is 6.54 Å². The van der Waals surface area contributed by atoms with E-state index in [-0.39, 0.29) is 22.9 Å². The molecule has 2 aromatic carbocycles. The highest BCUT2D eigenvalue weighted by Gasteiger charge is 2.25. The van der Waals surface area contributed by atoms with E-state index in [4.69, 9.17) is 4.42 Å². The van der Waals surface area contributed by atoms with E-state index in [0.717, 1.165) is 25.7 Å². The van der Waals surface area contributed by atoms with Crippen molar-refractivity contribution in [3.05, 3.63) is 47.0 Å². The number of fused-ring (bicyclic) bond motifs is 3. The normalized spacial score (nSPS) is 20.8. The van der Waals surface area contributed by atoms with E-state index in [2.05, 4.69) is 13.6 Å². The largest absolute Gasteiger partial charge is 0.450 e. The molecule has 0 amide bonds. The van der Waals surface area contributed by atoms with Crippen LogP contribution in [0.15, 0.2) is 28.7 Å². The number of furan rings is 1. The fourth-order valence-electron chi connectivity index (χ4n) is 4.19. The van der Waals surface area contributed by atoms with Crippen LogP contribution in [-0.4, -0.2) is 18.3 Å². The summed E-state index contributed by atoms with van der Waals surface area (Å²) in [5.74, 6) is 0.183. The second kappa shape index (κ2) is 6.49. The Morgan fingerprint density at radius 1 is 1.00 bits per heavy atom. The summed E-state index contributed by atoms with van der Waals surface area (Å²) in [6, 6.07) is 7.28. The highest BCUT2D eigenvalue weighted by atomic mass is 19.1. The zero-order chi connectivity index (χ0) is 18.4. The van der Waals surface area contributed by atoms with E-state index in [1.54, 1.807) is 17.7 Å². The molecule has 1 heterocycles. The van der Waals surface area contributed by atoms with Gasteiger partial charge in [0.05, 0.1) is 5.56 Å². The number of nitrogens with zero attached hydrogens (tertiary/aromatic N) is 1. The van der Waals surface area contributed by atoms with Gasteiger partial charge in [0.2, 0.25) is 0 Å². The van der Waals surface area contributed by atoms with E-state index in [1.807, 2.05) is 18.2 Å². The van der Waals surface area contributed by atoms with Crippen LogP contribution in [0.1, 0.15) is 49.7 Å². The van der Waals surface area contributed by atoms with E-state index < -0.39 is 5.82 Å². The van der Waals surface area contributed by atoms with Crippen LogP contribution in [0.5, 0.6) is 0 Å². The van der Waals surface area contributed by atoms with Crippen molar-refractivity contribution in [3.63, 3.8) is 0 Å². The van der Waals surface area contributed by atoms with Gasteiger partial charge < -0.3 is 4.42 Å². The second-order valence-corrected chi connectivity index (χ2v) is 7.83. The molecule has 26 heavy (non-hydrogen) atoms. The summed E-state index contributed by atoms with van der Waals surface area (Å²) in [5.41, 5.74) is 1.51. The third-order valence-corrected chi connectivity index (χ3v) is 5.69. The fraction of sp³-hybridized carbons (Fsp3) is 0.409. The lowest BCUT2D eigenvalue weighted by Gasteiger charge is -2.26. The average Bonchev–Trinajstić information content (AvgIpc) is 2.99. The number of halogens is 2. The Balaban J connectivity index is 1.83. The molecule has 2 nitrogen and oxygen atoms in total. The van der Waals surface area contributed by atoms with Crippen LogP contribution in [0.4, 0.5) is 8.78 Å². The zero-order valence-electron chi connectivity index (χ0n) is 15.3. The monoisotopic (exact) mass is 356 g/mol. The van der Waals surface area contributed by atoms with Crippen LogP contribution in [0.2, 0.25) is 0 Å². The highest BCUT2D eigenvalue weighted by molar-refractivity contribution is 6.05. The van der Waals surface area contributed by atoms with Gasteiger partial charge in [0.25, 0.3) is 0 Å². The number of rotatable bonds is 3. The maximum atomic E-state index is 15.2. The Kier molecular flexibility index (Phi) is 4.29. The molecule has 0 aliphatic heterocycles. The van der Waals surface area contributed by atoms with Gasteiger partial charge in [-0.2, -0.15) is 0 Å². The molecule has 1 aromatic heterocycles. The van der Waals surface area contributed by atoms with Crippen LogP contribution < -0.4 is 0 Å². The minimum absolute atomic E-state index is 0.132. The van der Waals surface area contributed by atoms with E-state index in [9.17, 15) is 4.39 Å². The van der Waals surface area contributed by atoms with Crippen molar-refractivity contribution in [1.29, 1.82) is 0 Å². The third kappa shape index (κ3) is 2.81. The molecule has 0 atom stereocenters. The number of benzene rings is 2. The Labute approximate surface area is 152 Å². The Morgan fingerprint density at radius 3 is 2.27 bits per heavy atom. The zero-order valence-corrected chi connectivity index (χ0v) is 15.3. The van der Waals surface area contributed by atoms with E-state index in [0.29, 0.717) is 34.4 Å². The molecule has 1 fully saturated rings. The first-order valence-corrected chi connectivity index (χ1v) is 9.29. The lowest BCUT2D eigenvalue weighted by molar-refractivity contribution is -0.505. The Bertz CT molecular complexity index is 996. The van der Waals surface area contributed by atoms with Gasteiger partial charge in [-0.05, 0) is 48.4 Å². The molecule has 4 rings (SSSR count). The highest BCUT2D eigenvalue weighted by Crippen LogP contribution is 2.40. The van der Waals surface area contributed by atoms with E-state index in [1.165, 1.54) is 0 Å². The van der Waals surface area contributed by atoms with Gasteiger partial charge in [-0.1, -0.05) is 25.8 Å². The summed E-state index contributed by atoms with van der Waals surface area (Å²) in [6.07, 6.45) is 4.24. The minimum atomic E-state index is -0.429. The molecular weight excluding hydrogens is 332 g/mol. The van der Waals surface area contributed by atoms with Gasteiger partial charge in [0, 0.05) is 10.8 Å². The second-order valence-electron chi connectivity index (χ2n) is 7.83. The SMILES string of the molecule is C=[N+](C)Cc1ccc2c(oc3c(F)c(C4CCC(C)CC4)ccc32)c1F. The summed E-state index contributed by atoms with van der Waals surface area (Å²) >= 11 is 0. The lowest BCUT2D eigenvalue weighted by atomic mass is 9.79. The first-order chi connectivity index (χ1) is 12.5. The number of hydrogen-bond donors (Lipinski definition) is 0. The summed E-state index contributed by atoms with van der Waals surface area (Å²) in [4.78, 5) is 0. The fourth-order valence-corrected chi connectivity index (χ4v) is 4.19. The van der Waals surface area contributed by atoms with Gasteiger partial charge in [-0.25, -0.2) is 13.4 Å². The van der Waals surface area contributed by atoms with Crippen molar-refractivity contribution in [3.8, 4) is 0 Å². The molecule has 0 N–H and O–H groups in total. The summed E-state index contributed by atoms with van der Waals surface area (Å²) in [7, 11) is 1.78. The van der Waals surface area contributed by atoms with Crippen molar-refractivity contribution in [1.82, 2.24) is 0 Å². The van der Waals surface area contributed by atoms with Crippen LogP contribution in [0.3, 0.4) is 0 Å². The van der Waals surface area contributed by atoms with Crippen LogP contribution in [0, 0.1) is 17.6 Å². The Hall–Kier alpha value is -2.23. The van der Waals surface area contributed by atoms with Gasteiger partial charge in [-0.15, -0.1) is 0 Å². The van der Waals surface area contributed by atoms with Gasteiger partial charge in [-0.3, -0.25) is 0 Å². The standard InChI is InChI=1S/C22H24F2NO/c1-13-4-6-14(7-5-13)16-10-11-18-17-9-8-15(12-25(2)3)19(23)21(17)26-22(18)20(16)24/h8-11,13-14H,2,4-7,12H2,1,3H3/q+1. The minimum Gasteiger partial charge on any atom is -0.450 e. The molecule has 136 valence electrons. The summed E-state index contributed by atoms with van der Waals surface area (Å²) in [6.45, 7) is 6.37. The molecule has 0 bridgehead atoms. The molecule has 0 radical (unpaired) electrons. The van der Waals surface area contributed by atoms with Crippen LogP contribution in [0.25, 0.3) is 21.9 Å². The molecule has 1 saturated carbocycles. The van der Waals surface area contributed by atoms with Crippen molar-refractivity contribution in [2.45, 2.75) is 45.1 Å². The Morgan fingerprint density at radius 2 is 1.62 bits per heavy atom. The summed E-state index contributed by atoms with van der Waals surface area (Å²) < 4.78 is 37.4. The van der Waals surface area contributed by atoms with Crippen molar-refractivity contribution >= 4 is 28.7 Å². The van der Waals surface area contributed by atoms with Crippen molar-refractivity contribution in [2.75, 3.05) is 7.05 Å². The smallest absolute Gasteiger partial charge is 0.175 e. The quantitative estimate of drug-likeness (QED) is 0.415. The third-order valence-electron chi connectivity index (χ3n) is 5.69. The first kappa shape index (κ1) is 17.2.